The van der Waals surface area contributed by atoms with Crippen molar-refractivity contribution < 1.29 is 9.18 Å². The summed E-state index contributed by atoms with van der Waals surface area (Å²) < 4.78 is 12.8. The van der Waals surface area contributed by atoms with Crippen LogP contribution in [-0.2, 0) is 4.79 Å². The number of hydrogen-bond acceptors (Lipinski definition) is 3. The van der Waals surface area contributed by atoms with E-state index in [-0.39, 0.29) is 17.6 Å². The van der Waals surface area contributed by atoms with Crippen LogP contribution in [-0.4, -0.2) is 37.0 Å². The third kappa shape index (κ3) is 4.01. The summed E-state index contributed by atoms with van der Waals surface area (Å²) in [6, 6.07) is 5.85. The first-order valence-electron chi connectivity index (χ1n) is 6.68. The number of piperidine rings is 1. The second kappa shape index (κ2) is 6.63. The number of likely N-dealkylation sites (tertiary alicyclic amines) is 1. The molecule has 0 bridgehead atoms. The van der Waals surface area contributed by atoms with E-state index in [2.05, 4.69) is 10.2 Å². The molecule has 4 nitrogen and oxygen atoms in total. The number of rotatable bonds is 4. The first-order valence-corrected chi connectivity index (χ1v) is 6.68. The molecule has 3 N–H and O–H groups in total. The van der Waals surface area contributed by atoms with E-state index in [4.69, 9.17) is 5.73 Å². The summed E-state index contributed by atoms with van der Waals surface area (Å²) in [4.78, 5) is 14.3. The molecule has 0 radical (unpaired) electrons. The maximum absolute atomic E-state index is 12.8. The minimum Gasteiger partial charge on any atom is -0.329 e. The van der Waals surface area contributed by atoms with Crippen molar-refractivity contribution in [1.29, 1.82) is 0 Å². The smallest absolute Gasteiger partial charge is 0.227 e. The summed E-state index contributed by atoms with van der Waals surface area (Å²) in [5.74, 6) is -0.230. The van der Waals surface area contributed by atoms with E-state index in [1.807, 2.05) is 0 Å². The number of nitrogens with zero attached hydrogens (tertiary/aromatic N) is 1. The number of nitrogens with two attached hydrogens (primary N) is 1. The molecule has 104 valence electrons. The average molecular weight is 265 g/mol. The third-order valence-electron chi connectivity index (χ3n) is 3.52. The maximum Gasteiger partial charge on any atom is 0.227 e. The van der Waals surface area contributed by atoms with Gasteiger partial charge in [-0.15, -0.1) is 0 Å². The van der Waals surface area contributed by atoms with E-state index in [9.17, 15) is 9.18 Å². The Morgan fingerprint density at radius 3 is 2.53 bits per heavy atom. The minimum atomic E-state index is -0.298. The first-order chi connectivity index (χ1) is 9.19. The Labute approximate surface area is 112 Å². The molecule has 19 heavy (non-hydrogen) atoms. The molecule has 0 spiro atoms. The number of benzene rings is 1. The zero-order valence-corrected chi connectivity index (χ0v) is 10.9. The molecule has 0 unspecified atom stereocenters. The molecular weight excluding hydrogens is 245 g/mol. The fourth-order valence-corrected chi connectivity index (χ4v) is 2.38. The number of carbonyl (C=O) groups excluding carboxylic acids is 1. The highest BCUT2D eigenvalue weighted by molar-refractivity contribution is 5.92. The lowest BCUT2D eigenvalue weighted by atomic mass is 9.96. The Bertz CT molecular complexity index is 413. The number of nitrogens with one attached hydrogen (secondary N) is 1. The van der Waals surface area contributed by atoms with Gasteiger partial charge in [0.1, 0.15) is 5.82 Å². The van der Waals surface area contributed by atoms with Crippen molar-refractivity contribution in [3.8, 4) is 0 Å². The van der Waals surface area contributed by atoms with Crippen molar-refractivity contribution in [2.24, 2.45) is 11.7 Å². The quantitative estimate of drug-likeness (QED) is 0.866. The second-order valence-electron chi connectivity index (χ2n) is 4.90. The molecule has 1 aromatic carbocycles. The summed E-state index contributed by atoms with van der Waals surface area (Å²) in [6.07, 6.45) is 1.71. The van der Waals surface area contributed by atoms with E-state index < -0.39 is 0 Å². The highest BCUT2D eigenvalue weighted by atomic mass is 19.1. The fourth-order valence-electron chi connectivity index (χ4n) is 2.38. The Morgan fingerprint density at radius 1 is 1.32 bits per heavy atom. The second-order valence-corrected chi connectivity index (χ2v) is 4.90. The molecule has 0 aliphatic carbocycles. The van der Waals surface area contributed by atoms with Gasteiger partial charge in [0.2, 0.25) is 5.91 Å². The number of hydrogen-bond donors (Lipinski definition) is 2. The highest BCUT2D eigenvalue weighted by Gasteiger charge is 2.24. The third-order valence-corrected chi connectivity index (χ3v) is 3.52. The molecule has 1 aliphatic heterocycles. The van der Waals surface area contributed by atoms with Crippen molar-refractivity contribution in [3.05, 3.63) is 30.1 Å². The van der Waals surface area contributed by atoms with Crippen LogP contribution in [0.3, 0.4) is 0 Å². The molecule has 1 heterocycles. The minimum absolute atomic E-state index is 0.0269. The summed E-state index contributed by atoms with van der Waals surface area (Å²) in [7, 11) is 0. The van der Waals surface area contributed by atoms with Crippen molar-refractivity contribution in [3.63, 3.8) is 0 Å². The van der Waals surface area contributed by atoms with Crippen LogP contribution in [0.15, 0.2) is 24.3 Å². The fraction of sp³-hybridized carbons (Fsp3) is 0.500. The first kappa shape index (κ1) is 14.0. The summed E-state index contributed by atoms with van der Waals surface area (Å²) >= 11 is 0. The van der Waals surface area contributed by atoms with E-state index in [0.717, 1.165) is 32.5 Å². The number of halogens is 1. The van der Waals surface area contributed by atoms with Crippen molar-refractivity contribution in [2.75, 3.05) is 31.5 Å². The Kier molecular flexibility index (Phi) is 4.87. The van der Waals surface area contributed by atoms with Gasteiger partial charge in [-0.1, -0.05) is 0 Å². The lowest BCUT2D eigenvalue weighted by molar-refractivity contribution is -0.121. The van der Waals surface area contributed by atoms with Gasteiger partial charge in [0.05, 0.1) is 0 Å². The van der Waals surface area contributed by atoms with E-state index in [1.165, 1.54) is 12.1 Å². The van der Waals surface area contributed by atoms with Crippen molar-refractivity contribution in [2.45, 2.75) is 12.8 Å². The predicted molar refractivity (Wildman–Crippen MR) is 73.2 cm³/mol. The van der Waals surface area contributed by atoms with Gasteiger partial charge < -0.3 is 16.0 Å². The normalized spacial score (nSPS) is 17.4. The van der Waals surface area contributed by atoms with E-state index in [0.29, 0.717) is 12.2 Å². The van der Waals surface area contributed by atoms with E-state index >= 15 is 0 Å². The zero-order valence-electron chi connectivity index (χ0n) is 10.9. The molecule has 0 atom stereocenters. The van der Waals surface area contributed by atoms with Gasteiger partial charge in [0, 0.05) is 24.7 Å². The molecule has 1 saturated heterocycles. The van der Waals surface area contributed by atoms with E-state index in [1.54, 1.807) is 12.1 Å². The Hall–Kier alpha value is -1.46. The zero-order chi connectivity index (χ0) is 13.7. The molecule has 0 saturated carbocycles. The molecule has 1 fully saturated rings. The van der Waals surface area contributed by atoms with Gasteiger partial charge in [-0.25, -0.2) is 4.39 Å². The summed E-state index contributed by atoms with van der Waals surface area (Å²) in [5.41, 5.74) is 6.17. The maximum atomic E-state index is 12.8. The average Bonchev–Trinajstić information content (AvgIpc) is 2.42. The van der Waals surface area contributed by atoms with Crippen LogP contribution in [0.1, 0.15) is 12.8 Å². The van der Waals surface area contributed by atoms with Gasteiger partial charge in [-0.3, -0.25) is 4.79 Å². The topological polar surface area (TPSA) is 58.4 Å². The van der Waals surface area contributed by atoms with Crippen LogP contribution in [0.4, 0.5) is 10.1 Å². The van der Waals surface area contributed by atoms with Crippen LogP contribution in [0.5, 0.6) is 0 Å². The Balaban J connectivity index is 1.83. The van der Waals surface area contributed by atoms with Crippen LogP contribution < -0.4 is 11.1 Å². The molecule has 2 rings (SSSR count). The van der Waals surface area contributed by atoms with Crippen molar-refractivity contribution in [1.82, 2.24) is 4.90 Å². The largest absolute Gasteiger partial charge is 0.329 e. The molecule has 1 aromatic rings. The van der Waals surface area contributed by atoms with Crippen LogP contribution in [0, 0.1) is 11.7 Å². The van der Waals surface area contributed by atoms with Gasteiger partial charge in [0.25, 0.3) is 0 Å². The van der Waals surface area contributed by atoms with Crippen molar-refractivity contribution >= 4 is 11.6 Å². The molecule has 1 amide bonds. The predicted octanol–water partition coefficient (Wildman–Crippen LogP) is 1.43. The van der Waals surface area contributed by atoms with Crippen LogP contribution in [0.2, 0.25) is 0 Å². The number of anilines is 1. The molecular formula is C14H20FN3O. The summed E-state index contributed by atoms with van der Waals surface area (Å²) in [6.45, 7) is 3.39. The molecule has 0 aromatic heterocycles. The van der Waals surface area contributed by atoms with Gasteiger partial charge in [-0.2, -0.15) is 0 Å². The standard InChI is InChI=1S/C14H20FN3O/c15-12-1-3-13(4-2-12)17-14(19)11-5-8-18(9-6-11)10-7-16/h1-4,11H,5-10,16H2,(H,17,19). The summed E-state index contributed by atoms with van der Waals surface area (Å²) in [5, 5.41) is 2.84. The van der Waals surface area contributed by atoms with Crippen LogP contribution >= 0.6 is 0 Å². The molecule has 5 heteroatoms. The van der Waals surface area contributed by atoms with Crippen LogP contribution in [0.25, 0.3) is 0 Å². The number of carbonyl (C=O) groups is 1. The lowest BCUT2D eigenvalue weighted by Crippen LogP contribution is -2.40. The highest BCUT2D eigenvalue weighted by Crippen LogP contribution is 2.19. The Morgan fingerprint density at radius 2 is 1.95 bits per heavy atom. The lowest BCUT2D eigenvalue weighted by Gasteiger charge is -2.30. The van der Waals surface area contributed by atoms with Gasteiger partial charge in [0.15, 0.2) is 0 Å². The SMILES string of the molecule is NCCN1CCC(C(=O)Nc2ccc(F)cc2)CC1. The van der Waals surface area contributed by atoms with Gasteiger partial charge in [-0.05, 0) is 50.2 Å². The monoisotopic (exact) mass is 265 g/mol. The number of amides is 1. The van der Waals surface area contributed by atoms with Gasteiger partial charge >= 0.3 is 0 Å². The molecule has 1 aliphatic rings.